The molecule has 0 atom stereocenters. The van der Waals surface area contributed by atoms with Gasteiger partial charge in [0.05, 0.1) is 30.3 Å². The van der Waals surface area contributed by atoms with Crippen molar-refractivity contribution in [2.24, 2.45) is 0 Å². The number of aromatic nitrogens is 2. The lowest BCUT2D eigenvalue weighted by Gasteiger charge is -2.33. The van der Waals surface area contributed by atoms with Crippen LogP contribution in [0, 0.1) is 17.0 Å². The fourth-order valence-electron chi connectivity index (χ4n) is 3.47. The lowest BCUT2D eigenvalue weighted by atomic mass is 10.2. The van der Waals surface area contributed by atoms with Gasteiger partial charge in [0.15, 0.2) is 0 Å². The highest BCUT2D eigenvalue weighted by atomic mass is 32.2. The summed E-state index contributed by atoms with van der Waals surface area (Å²) >= 11 is 0. The van der Waals surface area contributed by atoms with Gasteiger partial charge >= 0.3 is 0 Å². The molecular formula is C19H26N6O6S. The van der Waals surface area contributed by atoms with Crippen molar-refractivity contribution in [1.29, 1.82) is 0 Å². The molecule has 0 spiro atoms. The zero-order valence-corrected chi connectivity index (χ0v) is 19.0. The van der Waals surface area contributed by atoms with Gasteiger partial charge in [0.1, 0.15) is 16.3 Å². The van der Waals surface area contributed by atoms with E-state index >= 15 is 0 Å². The van der Waals surface area contributed by atoms with Gasteiger partial charge in [-0.2, -0.15) is 9.40 Å². The first-order chi connectivity index (χ1) is 15.1. The number of methoxy groups -OCH3 is 1. The maximum Gasteiger partial charge on any atom is 0.296 e. The quantitative estimate of drug-likeness (QED) is 0.450. The molecule has 1 aromatic heterocycles. The zero-order chi connectivity index (χ0) is 23.5. The predicted molar refractivity (Wildman–Crippen MR) is 116 cm³/mol. The van der Waals surface area contributed by atoms with Gasteiger partial charge in [-0.25, -0.2) is 8.42 Å². The van der Waals surface area contributed by atoms with E-state index in [9.17, 15) is 23.3 Å². The van der Waals surface area contributed by atoms with Crippen molar-refractivity contribution in [2.75, 3.05) is 45.2 Å². The molecule has 0 unspecified atom stereocenters. The number of carbonyl (C=O) groups excluding carboxylic acids is 1. The lowest BCUT2D eigenvalue weighted by molar-refractivity contribution is -0.384. The standard InChI is InChI=1S/C19H26N6O6S/c1-4-23-12-18(14(2)21-23)32(29,30)24-9-7-22(8-10-24)13-19(26)20-16-6-5-15(31-3)11-17(16)25(27)28/h5-6,11-12H,4,7-10,13H2,1-3H3,(H,20,26). The molecule has 12 nitrogen and oxygen atoms in total. The summed E-state index contributed by atoms with van der Waals surface area (Å²) in [5, 5.41) is 18.0. The van der Waals surface area contributed by atoms with Gasteiger partial charge in [-0.1, -0.05) is 0 Å². The second-order valence-corrected chi connectivity index (χ2v) is 9.21. The van der Waals surface area contributed by atoms with Crippen molar-refractivity contribution >= 4 is 27.3 Å². The number of hydrogen-bond donors (Lipinski definition) is 1. The van der Waals surface area contributed by atoms with E-state index in [0.29, 0.717) is 31.1 Å². The number of benzene rings is 1. The largest absolute Gasteiger partial charge is 0.496 e. The van der Waals surface area contributed by atoms with E-state index in [2.05, 4.69) is 10.4 Å². The maximum absolute atomic E-state index is 13.0. The van der Waals surface area contributed by atoms with Crippen LogP contribution in [-0.4, -0.2) is 78.1 Å². The summed E-state index contributed by atoms with van der Waals surface area (Å²) in [6, 6.07) is 4.18. The normalized spacial score (nSPS) is 15.5. The molecule has 0 bridgehead atoms. The van der Waals surface area contributed by atoms with Crippen LogP contribution in [0.5, 0.6) is 5.75 Å². The highest BCUT2D eigenvalue weighted by molar-refractivity contribution is 7.89. The fraction of sp³-hybridized carbons (Fsp3) is 0.474. The molecule has 1 fully saturated rings. The first kappa shape index (κ1) is 23.6. The minimum absolute atomic E-state index is 0.0101. The third kappa shape index (κ3) is 5.06. The Morgan fingerprint density at radius 3 is 2.53 bits per heavy atom. The number of sulfonamides is 1. The van der Waals surface area contributed by atoms with E-state index in [1.165, 1.54) is 35.8 Å². The maximum atomic E-state index is 13.0. The summed E-state index contributed by atoms with van der Waals surface area (Å²) < 4.78 is 33.9. The highest BCUT2D eigenvalue weighted by Crippen LogP contribution is 2.29. The average molecular weight is 467 g/mol. The number of amides is 1. The van der Waals surface area contributed by atoms with E-state index in [1.807, 2.05) is 6.92 Å². The molecule has 2 aromatic rings. The molecule has 1 aliphatic heterocycles. The Morgan fingerprint density at radius 2 is 1.97 bits per heavy atom. The molecule has 1 N–H and O–H groups in total. The Hall–Kier alpha value is -3.03. The van der Waals surface area contributed by atoms with Crippen LogP contribution in [0.1, 0.15) is 12.6 Å². The van der Waals surface area contributed by atoms with Gasteiger partial charge in [0.25, 0.3) is 5.69 Å². The van der Waals surface area contributed by atoms with Crippen LogP contribution < -0.4 is 10.1 Å². The van der Waals surface area contributed by atoms with Crippen LogP contribution in [-0.2, 0) is 21.4 Å². The smallest absolute Gasteiger partial charge is 0.296 e. The van der Waals surface area contributed by atoms with Gasteiger partial charge in [-0.05, 0) is 26.0 Å². The van der Waals surface area contributed by atoms with Crippen molar-refractivity contribution in [3.05, 3.63) is 40.2 Å². The molecule has 1 amide bonds. The minimum Gasteiger partial charge on any atom is -0.496 e. The monoisotopic (exact) mass is 466 g/mol. The first-order valence-electron chi connectivity index (χ1n) is 10.0. The zero-order valence-electron chi connectivity index (χ0n) is 18.1. The van der Waals surface area contributed by atoms with Gasteiger partial charge in [-0.15, -0.1) is 0 Å². The fourth-order valence-corrected chi connectivity index (χ4v) is 5.06. The molecule has 1 saturated heterocycles. The van der Waals surface area contributed by atoms with Gasteiger partial charge in [0, 0.05) is 38.9 Å². The van der Waals surface area contributed by atoms with Crippen LogP contribution in [0.2, 0.25) is 0 Å². The van der Waals surface area contributed by atoms with Gasteiger partial charge < -0.3 is 10.1 Å². The highest BCUT2D eigenvalue weighted by Gasteiger charge is 2.31. The molecule has 0 radical (unpaired) electrons. The number of anilines is 1. The SMILES string of the molecule is CCn1cc(S(=O)(=O)N2CCN(CC(=O)Nc3ccc(OC)cc3[N+](=O)[O-])CC2)c(C)n1. The van der Waals surface area contributed by atoms with Crippen molar-refractivity contribution in [3.63, 3.8) is 0 Å². The van der Waals surface area contributed by atoms with Crippen LogP contribution in [0.25, 0.3) is 0 Å². The average Bonchev–Trinajstić information content (AvgIpc) is 3.16. The van der Waals surface area contributed by atoms with Crippen LogP contribution >= 0.6 is 0 Å². The second-order valence-electron chi connectivity index (χ2n) is 7.30. The van der Waals surface area contributed by atoms with E-state index in [1.54, 1.807) is 16.5 Å². The number of hydrogen-bond acceptors (Lipinski definition) is 8. The summed E-state index contributed by atoms with van der Waals surface area (Å²) in [6.45, 7) is 5.29. The van der Waals surface area contributed by atoms with Crippen molar-refractivity contribution in [3.8, 4) is 5.75 Å². The summed E-state index contributed by atoms with van der Waals surface area (Å²) in [7, 11) is -2.27. The molecule has 0 aliphatic carbocycles. The first-order valence-corrected chi connectivity index (χ1v) is 11.5. The Balaban J connectivity index is 1.60. The van der Waals surface area contributed by atoms with Crippen molar-refractivity contribution in [1.82, 2.24) is 19.0 Å². The number of nitro groups is 1. The van der Waals surface area contributed by atoms with Crippen LogP contribution in [0.3, 0.4) is 0 Å². The Bertz CT molecular complexity index is 1110. The van der Waals surface area contributed by atoms with Crippen molar-refractivity contribution in [2.45, 2.75) is 25.3 Å². The number of nitrogens with zero attached hydrogens (tertiary/aromatic N) is 5. The summed E-state index contributed by atoms with van der Waals surface area (Å²) in [5.41, 5.74) is 0.261. The molecule has 13 heteroatoms. The Labute approximate surface area is 185 Å². The topological polar surface area (TPSA) is 140 Å². The molecule has 174 valence electrons. The molecule has 1 aromatic carbocycles. The van der Waals surface area contributed by atoms with E-state index in [0.717, 1.165) is 0 Å². The molecule has 3 rings (SSSR count). The number of piperazine rings is 1. The third-order valence-corrected chi connectivity index (χ3v) is 7.22. The molecular weight excluding hydrogens is 440 g/mol. The second kappa shape index (κ2) is 9.63. The number of ether oxygens (including phenoxy) is 1. The molecule has 32 heavy (non-hydrogen) atoms. The number of nitrogens with one attached hydrogen (secondary N) is 1. The van der Waals surface area contributed by atoms with Crippen LogP contribution in [0.4, 0.5) is 11.4 Å². The van der Waals surface area contributed by atoms with Crippen molar-refractivity contribution < 1.29 is 22.9 Å². The number of carbonyl (C=O) groups is 1. The minimum atomic E-state index is -3.67. The van der Waals surface area contributed by atoms with Crippen LogP contribution in [0.15, 0.2) is 29.3 Å². The summed E-state index contributed by atoms with van der Waals surface area (Å²) in [4.78, 5) is 25.1. The number of nitro benzene ring substituents is 1. The van der Waals surface area contributed by atoms with E-state index < -0.39 is 20.9 Å². The Kier molecular flexibility index (Phi) is 7.11. The number of rotatable bonds is 8. The van der Waals surface area contributed by atoms with E-state index in [4.69, 9.17) is 4.74 Å². The van der Waals surface area contributed by atoms with Gasteiger partial charge in [-0.3, -0.25) is 24.5 Å². The number of aryl methyl sites for hydroxylation is 2. The molecule has 0 saturated carbocycles. The predicted octanol–water partition coefficient (Wildman–Crippen LogP) is 1.07. The Morgan fingerprint density at radius 1 is 1.28 bits per heavy atom. The van der Waals surface area contributed by atoms with Gasteiger partial charge in [0.2, 0.25) is 15.9 Å². The lowest BCUT2D eigenvalue weighted by Crippen LogP contribution is -2.50. The third-order valence-electron chi connectivity index (χ3n) is 5.22. The molecule has 2 heterocycles. The summed E-state index contributed by atoms with van der Waals surface area (Å²) in [5.74, 6) is -0.110. The summed E-state index contributed by atoms with van der Waals surface area (Å²) in [6.07, 6.45) is 1.53. The molecule has 1 aliphatic rings. The van der Waals surface area contributed by atoms with E-state index in [-0.39, 0.29) is 35.9 Å².